The van der Waals surface area contributed by atoms with Gasteiger partial charge in [-0.05, 0) is 25.7 Å². The number of nitrogens with one attached hydrogen (secondary N) is 1. The van der Waals surface area contributed by atoms with Gasteiger partial charge in [0.05, 0.1) is 11.6 Å². The van der Waals surface area contributed by atoms with E-state index in [2.05, 4.69) is 5.32 Å². The molecule has 1 rings (SSSR count). The van der Waals surface area contributed by atoms with Crippen LogP contribution in [0.2, 0.25) is 0 Å². The molecular weight excluding hydrogens is 192 g/mol. The van der Waals surface area contributed by atoms with Crippen molar-refractivity contribution >= 4 is 5.91 Å². The van der Waals surface area contributed by atoms with Crippen LogP contribution in [0.15, 0.2) is 0 Å². The average Bonchev–Trinajstić information content (AvgIpc) is 2.61. The maximum Gasteiger partial charge on any atom is 0.237 e. The number of carbonyl (C=O) groups excluding carboxylic acids is 1. The van der Waals surface area contributed by atoms with E-state index in [1.54, 1.807) is 0 Å². The molecule has 0 aliphatic carbocycles. The minimum Gasteiger partial charge on any atom is -0.373 e. The Labute approximate surface area is 91.5 Å². The first-order valence-corrected chi connectivity index (χ1v) is 5.62. The summed E-state index contributed by atoms with van der Waals surface area (Å²) in [6, 6.07) is -0.421. The Hall–Kier alpha value is -0.610. The van der Waals surface area contributed by atoms with Crippen molar-refractivity contribution in [1.82, 2.24) is 5.32 Å². The van der Waals surface area contributed by atoms with E-state index in [4.69, 9.17) is 10.5 Å². The highest BCUT2D eigenvalue weighted by molar-refractivity contribution is 5.81. The Morgan fingerprint density at radius 1 is 1.60 bits per heavy atom. The zero-order valence-corrected chi connectivity index (χ0v) is 9.88. The minimum atomic E-state index is -0.421. The van der Waals surface area contributed by atoms with Crippen LogP contribution >= 0.6 is 0 Å². The normalized spacial score (nSPS) is 28.1. The van der Waals surface area contributed by atoms with E-state index >= 15 is 0 Å². The molecule has 0 aromatic rings. The van der Waals surface area contributed by atoms with Crippen molar-refractivity contribution in [2.24, 2.45) is 11.7 Å². The van der Waals surface area contributed by atoms with Crippen molar-refractivity contribution in [1.29, 1.82) is 0 Å². The van der Waals surface area contributed by atoms with E-state index in [9.17, 15) is 4.79 Å². The summed E-state index contributed by atoms with van der Waals surface area (Å²) in [6.07, 6.45) is 2.08. The molecule has 2 atom stereocenters. The van der Waals surface area contributed by atoms with Crippen LogP contribution in [0.3, 0.4) is 0 Å². The SMILES string of the molecule is CC(C)C(N)C(=O)NCC1(C)CCCO1. The van der Waals surface area contributed by atoms with Crippen molar-refractivity contribution in [3.05, 3.63) is 0 Å². The first kappa shape index (κ1) is 12.5. The van der Waals surface area contributed by atoms with Crippen molar-refractivity contribution in [2.75, 3.05) is 13.2 Å². The van der Waals surface area contributed by atoms with Gasteiger partial charge in [0.1, 0.15) is 0 Å². The van der Waals surface area contributed by atoms with E-state index in [1.807, 2.05) is 20.8 Å². The molecule has 88 valence electrons. The zero-order chi connectivity index (χ0) is 11.5. The van der Waals surface area contributed by atoms with Gasteiger partial charge in [0, 0.05) is 13.2 Å². The third-order valence-electron chi connectivity index (χ3n) is 2.96. The van der Waals surface area contributed by atoms with Gasteiger partial charge in [-0.3, -0.25) is 4.79 Å². The van der Waals surface area contributed by atoms with Gasteiger partial charge in [0.15, 0.2) is 0 Å². The van der Waals surface area contributed by atoms with Gasteiger partial charge in [0.25, 0.3) is 0 Å². The molecule has 0 spiro atoms. The summed E-state index contributed by atoms with van der Waals surface area (Å²) in [5.41, 5.74) is 5.55. The minimum absolute atomic E-state index is 0.0817. The number of nitrogens with two attached hydrogens (primary N) is 1. The standard InChI is InChI=1S/C11H22N2O2/c1-8(2)9(12)10(14)13-7-11(3)5-4-6-15-11/h8-9H,4-7,12H2,1-3H3,(H,13,14). The third-order valence-corrected chi connectivity index (χ3v) is 2.96. The lowest BCUT2D eigenvalue weighted by atomic mass is 10.0. The lowest BCUT2D eigenvalue weighted by Crippen LogP contribution is -2.48. The first-order valence-electron chi connectivity index (χ1n) is 5.62. The molecule has 2 unspecified atom stereocenters. The molecule has 4 nitrogen and oxygen atoms in total. The van der Waals surface area contributed by atoms with Crippen LogP contribution in [-0.2, 0) is 9.53 Å². The second-order valence-electron chi connectivity index (χ2n) is 4.89. The summed E-state index contributed by atoms with van der Waals surface area (Å²) in [5, 5.41) is 2.86. The summed E-state index contributed by atoms with van der Waals surface area (Å²) in [5.74, 6) is 0.0871. The molecule has 4 heteroatoms. The second kappa shape index (κ2) is 4.94. The lowest BCUT2D eigenvalue weighted by Gasteiger charge is -2.25. The van der Waals surface area contributed by atoms with Crippen LogP contribution in [-0.4, -0.2) is 30.7 Å². The molecule has 0 aromatic carbocycles. The Balaban J connectivity index is 2.33. The summed E-state index contributed by atoms with van der Waals surface area (Å²) in [6.45, 7) is 7.27. The molecule has 0 radical (unpaired) electrons. The van der Waals surface area contributed by atoms with Gasteiger partial charge < -0.3 is 15.8 Å². The van der Waals surface area contributed by atoms with Crippen LogP contribution < -0.4 is 11.1 Å². The number of rotatable bonds is 4. The molecule has 1 heterocycles. The smallest absolute Gasteiger partial charge is 0.237 e. The summed E-state index contributed by atoms with van der Waals surface area (Å²) >= 11 is 0. The molecule has 0 saturated carbocycles. The monoisotopic (exact) mass is 214 g/mol. The Morgan fingerprint density at radius 3 is 2.73 bits per heavy atom. The third kappa shape index (κ3) is 3.47. The van der Waals surface area contributed by atoms with Gasteiger partial charge in [-0.2, -0.15) is 0 Å². The zero-order valence-electron chi connectivity index (χ0n) is 9.88. The molecule has 1 aliphatic heterocycles. The molecular formula is C11H22N2O2. The van der Waals surface area contributed by atoms with E-state index < -0.39 is 6.04 Å². The van der Waals surface area contributed by atoms with E-state index in [0.717, 1.165) is 19.4 Å². The fourth-order valence-electron chi connectivity index (χ4n) is 1.67. The molecule has 15 heavy (non-hydrogen) atoms. The quantitative estimate of drug-likeness (QED) is 0.722. The molecule has 1 fully saturated rings. The number of amides is 1. The highest BCUT2D eigenvalue weighted by Crippen LogP contribution is 2.23. The molecule has 0 aromatic heterocycles. The summed E-state index contributed by atoms with van der Waals surface area (Å²) in [4.78, 5) is 11.6. The van der Waals surface area contributed by atoms with Crippen molar-refractivity contribution in [2.45, 2.75) is 45.3 Å². The predicted octanol–water partition coefficient (Wildman–Crippen LogP) is 0.655. The summed E-state index contributed by atoms with van der Waals surface area (Å²) in [7, 11) is 0. The van der Waals surface area contributed by atoms with Gasteiger partial charge in [0.2, 0.25) is 5.91 Å². The van der Waals surface area contributed by atoms with Crippen LogP contribution in [0.25, 0.3) is 0 Å². The first-order chi connectivity index (χ1) is 6.94. The average molecular weight is 214 g/mol. The highest BCUT2D eigenvalue weighted by atomic mass is 16.5. The maximum atomic E-state index is 11.6. The maximum absolute atomic E-state index is 11.6. The lowest BCUT2D eigenvalue weighted by molar-refractivity contribution is -0.124. The number of hydrogen-bond donors (Lipinski definition) is 2. The Bertz CT molecular complexity index is 223. The van der Waals surface area contributed by atoms with Crippen LogP contribution in [0, 0.1) is 5.92 Å². The molecule has 1 aliphatic rings. The highest BCUT2D eigenvalue weighted by Gasteiger charge is 2.30. The Morgan fingerprint density at radius 2 is 2.27 bits per heavy atom. The number of ether oxygens (including phenoxy) is 1. The molecule has 1 amide bonds. The molecule has 0 bridgehead atoms. The Kier molecular flexibility index (Phi) is 4.11. The van der Waals surface area contributed by atoms with Crippen LogP contribution in [0.4, 0.5) is 0 Å². The number of hydrogen-bond acceptors (Lipinski definition) is 3. The van der Waals surface area contributed by atoms with Gasteiger partial charge in [-0.15, -0.1) is 0 Å². The molecule has 3 N–H and O–H groups in total. The predicted molar refractivity (Wildman–Crippen MR) is 59.4 cm³/mol. The topological polar surface area (TPSA) is 64.4 Å². The van der Waals surface area contributed by atoms with Crippen LogP contribution in [0.5, 0.6) is 0 Å². The van der Waals surface area contributed by atoms with Gasteiger partial charge >= 0.3 is 0 Å². The largest absolute Gasteiger partial charge is 0.373 e. The van der Waals surface area contributed by atoms with Crippen molar-refractivity contribution in [3.8, 4) is 0 Å². The fraction of sp³-hybridized carbons (Fsp3) is 0.909. The van der Waals surface area contributed by atoms with E-state index in [-0.39, 0.29) is 17.4 Å². The van der Waals surface area contributed by atoms with Crippen LogP contribution in [0.1, 0.15) is 33.6 Å². The van der Waals surface area contributed by atoms with Crippen molar-refractivity contribution < 1.29 is 9.53 Å². The molecule has 1 saturated heterocycles. The number of carbonyl (C=O) groups is 1. The fourth-order valence-corrected chi connectivity index (χ4v) is 1.67. The van der Waals surface area contributed by atoms with Gasteiger partial charge in [-0.25, -0.2) is 0 Å². The summed E-state index contributed by atoms with van der Waals surface area (Å²) < 4.78 is 5.58. The van der Waals surface area contributed by atoms with E-state index in [1.165, 1.54) is 0 Å². The van der Waals surface area contributed by atoms with E-state index in [0.29, 0.717) is 6.54 Å². The van der Waals surface area contributed by atoms with Crippen molar-refractivity contribution in [3.63, 3.8) is 0 Å². The second-order valence-corrected chi connectivity index (χ2v) is 4.89. The van der Waals surface area contributed by atoms with Gasteiger partial charge in [-0.1, -0.05) is 13.8 Å².